The molecule has 1 fully saturated rings. The fourth-order valence-corrected chi connectivity index (χ4v) is 2.83. The van der Waals surface area contributed by atoms with E-state index < -0.39 is 0 Å². The standard InChI is InChI=1S/C14H17N/c1-10-6-7-14-12(8-10)13(9-15-14)11-4-2-3-5-11/h6-9,11,15H,2-5H2,1H3. The Balaban J connectivity index is 2.13. The van der Waals surface area contributed by atoms with Crippen molar-refractivity contribution in [2.45, 2.75) is 38.5 Å². The number of hydrogen-bond donors (Lipinski definition) is 1. The Labute approximate surface area is 90.5 Å². The van der Waals surface area contributed by atoms with Gasteiger partial charge in [0.1, 0.15) is 0 Å². The average Bonchev–Trinajstić information content (AvgIpc) is 2.83. The minimum atomic E-state index is 0.806. The number of nitrogens with one attached hydrogen (secondary N) is 1. The zero-order valence-electron chi connectivity index (χ0n) is 9.22. The van der Waals surface area contributed by atoms with Crippen LogP contribution in [0.4, 0.5) is 0 Å². The third-order valence-corrected chi connectivity index (χ3v) is 3.66. The molecule has 1 aromatic heterocycles. The molecule has 0 saturated heterocycles. The summed E-state index contributed by atoms with van der Waals surface area (Å²) in [5.41, 5.74) is 4.20. The number of hydrogen-bond acceptors (Lipinski definition) is 0. The molecule has 0 atom stereocenters. The molecule has 3 rings (SSSR count). The van der Waals surface area contributed by atoms with Gasteiger partial charge in [-0.3, -0.25) is 0 Å². The minimum Gasteiger partial charge on any atom is -0.361 e. The number of benzene rings is 1. The van der Waals surface area contributed by atoms with E-state index in [1.54, 1.807) is 5.56 Å². The number of H-pyrrole nitrogens is 1. The van der Waals surface area contributed by atoms with Crippen molar-refractivity contribution in [1.29, 1.82) is 0 Å². The second-order valence-corrected chi connectivity index (χ2v) is 4.77. The van der Waals surface area contributed by atoms with Crippen LogP contribution in [-0.4, -0.2) is 4.98 Å². The second kappa shape index (κ2) is 3.41. The summed E-state index contributed by atoms with van der Waals surface area (Å²) in [6, 6.07) is 6.69. The third-order valence-electron chi connectivity index (χ3n) is 3.66. The first kappa shape index (κ1) is 9.02. The average molecular weight is 199 g/mol. The number of fused-ring (bicyclic) bond motifs is 1. The smallest absolute Gasteiger partial charge is 0.0457 e. The molecule has 1 aliphatic carbocycles. The first-order chi connectivity index (χ1) is 7.34. The van der Waals surface area contributed by atoms with Crippen LogP contribution in [0.5, 0.6) is 0 Å². The van der Waals surface area contributed by atoms with Crippen molar-refractivity contribution in [1.82, 2.24) is 4.98 Å². The zero-order valence-corrected chi connectivity index (χ0v) is 9.22. The van der Waals surface area contributed by atoms with Gasteiger partial charge in [0.15, 0.2) is 0 Å². The number of aromatic nitrogens is 1. The van der Waals surface area contributed by atoms with E-state index in [1.165, 1.54) is 42.1 Å². The van der Waals surface area contributed by atoms with E-state index in [9.17, 15) is 0 Å². The quantitative estimate of drug-likeness (QED) is 0.710. The molecule has 2 aromatic rings. The summed E-state index contributed by atoms with van der Waals surface area (Å²) in [5, 5.41) is 1.45. The molecule has 1 aliphatic rings. The van der Waals surface area contributed by atoms with Crippen LogP contribution in [0.2, 0.25) is 0 Å². The van der Waals surface area contributed by atoms with E-state index in [4.69, 9.17) is 0 Å². The molecule has 0 aliphatic heterocycles. The molecule has 1 saturated carbocycles. The third kappa shape index (κ3) is 1.46. The summed E-state index contributed by atoms with van der Waals surface area (Å²) in [4.78, 5) is 3.39. The summed E-state index contributed by atoms with van der Waals surface area (Å²) in [6.07, 6.45) is 7.79. The summed E-state index contributed by atoms with van der Waals surface area (Å²) in [7, 11) is 0. The second-order valence-electron chi connectivity index (χ2n) is 4.77. The van der Waals surface area contributed by atoms with Crippen LogP contribution in [-0.2, 0) is 0 Å². The Morgan fingerprint density at radius 3 is 2.80 bits per heavy atom. The highest BCUT2D eigenvalue weighted by Crippen LogP contribution is 2.37. The fourth-order valence-electron chi connectivity index (χ4n) is 2.83. The fraction of sp³-hybridized carbons (Fsp3) is 0.429. The molecule has 15 heavy (non-hydrogen) atoms. The normalized spacial score (nSPS) is 17.7. The lowest BCUT2D eigenvalue weighted by atomic mass is 9.96. The van der Waals surface area contributed by atoms with Crippen molar-refractivity contribution in [2.75, 3.05) is 0 Å². The molecular formula is C14H17N. The lowest BCUT2D eigenvalue weighted by Crippen LogP contribution is -1.89. The Bertz CT molecular complexity index is 475. The molecule has 0 amide bonds. The maximum absolute atomic E-state index is 3.39. The molecule has 1 aromatic carbocycles. The summed E-state index contributed by atoms with van der Waals surface area (Å²) < 4.78 is 0. The molecule has 0 bridgehead atoms. The highest BCUT2D eigenvalue weighted by molar-refractivity contribution is 5.84. The van der Waals surface area contributed by atoms with E-state index in [0.717, 1.165) is 5.92 Å². The first-order valence-electron chi connectivity index (χ1n) is 5.92. The lowest BCUT2D eigenvalue weighted by Gasteiger charge is -2.07. The van der Waals surface area contributed by atoms with Gasteiger partial charge in [-0.1, -0.05) is 24.5 Å². The van der Waals surface area contributed by atoms with E-state index >= 15 is 0 Å². The molecule has 1 N–H and O–H groups in total. The highest BCUT2D eigenvalue weighted by atomic mass is 14.7. The summed E-state index contributed by atoms with van der Waals surface area (Å²) in [5.74, 6) is 0.806. The van der Waals surface area contributed by atoms with Crippen LogP contribution in [0, 0.1) is 6.92 Å². The van der Waals surface area contributed by atoms with E-state index in [-0.39, 0.29) is 0 Å². The van der Waals surface area contributed by atoms with Crippen LogP contribution in [0.3, 0.4) is 0 Å². The number of rotatable bonds is 1. The molecule has 1 heteroatoms. The molecule has 1 nitrogen and oxygen atoms in total. The molecule has 0 spiro atoms. The highest BCUT2D eigenvalue weighted by Gasteiger charge is 2.19. The van der Waals surface area contributed by atoms with Crippen molar-refractivity contribution >= 4 is 10.9 Å². The van der Waals surface area contributed by atoms with E-state index in [0.29, 0.717) is 0 Å². The van der Waals surface area contributed by atoms with Crippen LogP contribution >= 0.6 is 0 Å². The molecule has 0 radical (unpaired) electrons. The Kier molecular flexibility index (Phi) is 2.05. The van der Waals surface area contributed by atoms with Crippen LogP contribution in [0.15, 0.2) is 24.4 Å². The van der Waals surface area contributed by atoms with Gasteiger partial charge >= 0.3 is 0 Å². The SMILES string of the molecule is Cc1ccc2[nH]cc(C3CCCC3)c2c1. The van der Waals surface area contributed by atoms with Crippen molar-refractivity contribution in [3.63, 3.8) is 0 Å². The van der Waals surface area contributed by atoms with Crippen LogP contribution in [0.1, 0.15) is 42.7 Å². The molecule has 78 valence electrons. The first-order valence-corrected chi connectivity index (χ1v) is 5.92. The van der Waals surface area contributed by atoms with Gasteiger partial charge in [0.2, 0.25) is 0 Å². The Morgan fingerprint density at radius 2 is 2.00 bits per heavy atom. The van der Waals surface area contributed by atoms with Gasteiger partial charge in [-0.15, -0.1) is 0 Å². The molecule has 1 heterocycles. The van der Waals surface area contributed by atoms with Gasteiger partial charge in [-0.2, -0.15) is 0 Å². The molecule has 0 unspecified atom stereocenters. The van der Waals surface area contributed by atoms with Crippen molar-refractivity contribution < 1.29 is 0 Å². The Morgan fingerprint density at radius 1 is 1.20 bits per heavy atom. The van der Waals surface area contributed by atoms with E-state index in [1.807, 2.05) is 0 Å². The predicted molar refractivity (Wildman–Crippen MR) is 64.2 cm³/mol. The topological polar surface area (TPSA) is 15.8 Å². The van der Waals surface area contributed by atoms with Crippen LogP contribution < -0.4 is 0 Å². The van der Waals surface area contributed by atoms with Crippen LogP contribution in [0.25, 0.3) is 10.9 Å². The Hall–Kier alpha value is -1.24. The summed E-state index contributed by atoms with van der Waals surface area (Å²) >= 11 is 0. The minimum absolute atomic E-state index is 0.806. The van der Waals surface area contributed by atoms with Crippen molar-refractivity contribution in [3.8, 4) is 0 Å². The van der Waals surface area contributed by atoms with Gasteiger partial charge in [-0.25, -0.2) is 0 Å². The summed E-state index contributed by atoms with van der Waals surface area (Å²) in [6.45, 7) is 2.17. The van der Waals surface area contributed by atoms with Gasteiger partial charge < -0.3 is 4.98 Å². The molecular weight excluding hydrogens is 182 g/mol. The zero-order chi connectivity index (χ0) is 10.3. The maximum Gasteiger partial charge on any atom is 0.0457 e. The van der Waals surface area contributed by atoms with Gasteiger partial charge in [0.25, 0.3) is 0 Å². The van der Waals surface area contributed by atoms with Crippen molar-refractivity contribution in [2.24, 2.45) is 0 Å². The van der Waals surface area contributed by atoms with E-state index in [2.05, 4.69) is 36.3 Å². The van der Waals surface area contributed by atoms with Crippen molar-refractivity contribution in [3.05, 3.63) is 35.5 Å². The van der Waals surface area contributed by atoms with Gasteiger partial charge in [-0.05, 0) is 43.4 Å². The predicted octanol–water partition coefficient (Wildman–Crippen LogP) is 4.13. The number of aromatic amines is 1. The number of aryl methyl sites for hydroxylation is 1. The maximum atomic E-state index is 3.39. The van der Waals surface area contributed by atoms with Gasteiger partial charge in [0.05, 0.1) is 0 Å². The van der Waals surface area contributed by atoms with Gasteiger partial charge in [0, 0.05) is 17.1 Å². The largest absolute Gasteiger partial charge is 0.361 e. The lowest BCUT2D eigenvalue weighted by molar-refractivity contribution is 0.729. The monoisotopic (exact) mass is 199 g/mol.